The van der Waals surface area contributed by atoms with Crippen LogP contribution in [0.1, 0.15) is 22.1 Å². The van der Waals surface area contributed by atoms with Gasteiger partial charge in [-0.1, -0.05) is 12.1 Å². The third-order valence-corrected chi connectivity index (χ3v) is 4.18. The summed E-state index contributed by atoms with van der Waals surface area (Å²) >= 11 is 1.53. The molecule has 0 spiro atoms. The van der Waals surface area contributed by atoms with E-state index in [1.54, 1.807) is 11.9 Å². The first-order valence-electron chi connectivity index (χ1n) is 6.01. The predicted molar refractivity (Wildman–Crippen MR) is 75.3 cm³/mol. The average Bonchev–Trinajstić information content (AvgIpc) is 2.93. The highest BCUT2D eigenvalue weighted by Crippen LogP contribution is 2.30. The molecule has 0 radical (unpaired) electrons. The van der Waals surface area contributed by atoms with Crippen molar-refractivity contribution in [2.24, 2.45) is 0 Å². The van der Waals surface area contributed by atoms with Crippen LogP contribution in [0, 0.1) is 0 Å². The minimum atomic E-state index is -0.603. The number of rotatable bonds is 2. The van der Waals surface area contributed by atoms with Crippen molar-refractivity contribution in [1.82, 2.24) is 4.90 Å². The van der Waals surface area contributed by atoms with Crippen molar-refractivity contribution in [2.45, 2.75) is 12.6 Å². The minimum Gasteiger partial charge on any atom is -0.383 e. The van der Waals surface area contributed by atoms with Gasteiger partial charge in [-0.05, 0) is 34.7 Å². The number of carbonyl (C=O) groups excluding carboxylic acids is 1. The normalized spacial score (nSPS) is 15.9. The number of carbonyl (C=O) groups is 1. The Bertz CT molecular complexity index is 610. The maximum atomic E-state index is 11.5. The summed E-state index contributed by atoms with van der Waals surface area (Å²) in [4.78, 5) is 14.1. The molecular formula is C14H14N2O2S. The molecular weight excluding hydrogens is 260 g/mol. The highest BCUT2D eigenvalue weighted by atomic mass is 32.1. The van der Waals surface area contributed by atoms with Crippen LogP contribution in [-0.4, -0.2) is 23.1 Å². The number of aliphatic hydroxyl groups is 1. The number of urea groups is 1. The van der Waals surface area contributed by atoms with E-state index in [2.05, 4.69) is 5.32 Å². The van der Waals surface area contributed by atoms with Gasteiger partial charge in [0.2, 0.25) is 0 Å². The van der Waals surface area contributed by atoms with Gasteiger partial charge in [0, 0.05) is 24.2 Å². The van der Waals surface area contributed by atoms with Crippen LogP contribution in [0.4, 0.5) is 10.5 Å². The van der Waals surface area contributed by atoms with Crippen LogP contribution in [0.3, 0.4) is 0 Å². The fraction of sp³-hybridized carbons (Fsp3) is 0.214. The van der Waals surface area contributed by atoms with E-state index in [0.717, 1.165) is 21.7 Å². The maximum absolute atomic E-state index is 11.5. The van der Waals surface area contributed by atoms with Gasteiger partial charge in [-0.25, -0.2) is 4.79 Å². The van der Waals surface area contributed by atoms with Gasteiger partial charge in [0.15, 0.2) is 0 Å². The topological polar surface area (TPSA) is 52.6 Å². The van der Waals surface area contributed by atoms with Gasteiger partial charge in [-0.2, -0.15) is 0 Å². The van der Waals surface area contributed by atoms with Gasteiger partial charge < -0.3 is 15.3 Å². The van der Waals surface area contributed by atoms with Crippen molar-refractivity contribution in [3.63, 3.8) is 0 Å². The first-order valence-corrected chi connectivity index (χ1v) is 6.89. The molecule has 98 valence electrons. The number of hydrogen-bond acceptors (Lipinski definition) is 3. The van der Waals surface area contributed by atoms with E-state index in [4.69, 9.17) is 0 Å². The van der Waals surface area contributed by atoms with E-state index in [1.165, 1.54) is 11.3 Å². The first-order chi connectivity index (χ1) is 9.15. The third-order valence-electron chi connectivity index (χ3n) is 3.25. The van der Waals surface area contributed by atoms with Crippen molar-refractivity contribution >= 4 is 23.1 Å². The van der Waals surface area contributed by atoms with Gasteiger partial charge in [0.25, 0.3) is 0 Å². The molecule has 1 unspecified atom stereocenters. The van der Waals surface area contributed by atoms with Crippen molar-refractivity contribution in [3.05, 3.63) is 51.7 Å². The van der Waals surface area contributed by atoms with Crippen LogP contribution < -0.4 is 5.32 Å². The maximum Gasteiger partial charge on any atom is 0.321 e. The van der Waals surface area contributed by atoms with Crippen molar-refractivity contribution < 1.29 is 9.90 Å². The lowest BCUT2D eigenvalue weighted by Gasteiger charge is -2.26. The predicted octanol–water partition coefficient (Wildman–Crippen LogP) is 2.81. The highest BCUT2D eigenvalue weighted by molar-refractivity contribution is 7.10. The number of anilines is 1. The van der Waals surface area contributed by atoms with E-state index in [-0.39, 0.29) is 6.03 Å². The highest BCUT2D eigenvalue weighted by Gasteiger charge is 2.21. The minimum absolute atomic E-state index is 0.0981. The van der Waals surface area contributed by atoms with Crippen molar-refractivity contribution in [1.29, 1.82) is 0 Å². The molecule has 2 N–H and O–H groups in total. The van der Waals surface area contributed by atoms with Gasteiger partial charge in [0.05, 0.1) is 0 Å². The standard InChI is InChI=1S/C14H14N2O2S/c1-16-8-10-7-9(4-5-11(10)15-14(16)18)13(17)12-3-2-6-19-12/h2-7,13,17H,8H2,1H3,(H,15,18). The zero-order valence-corrected chi connectivity index (χ0v) is 11.3. The van der Waals surface area contributed by atoms with Crippen LogP contribution in [-0.2, 0) is 6.54 Å². The van der Waals surface area contributed by atoms with E-state index in [1.807, 2.05) is 35.7 Å². The molecule has 1 aliphatic rings. The fourth-order valence-electron chi connectivity index (χ4n) is 2.19. The van der Waals surface area contributed by atoms with Crippen LogP contribution >= 0.6 is 11.3 Å². The Morgan fingerprint density at radius 2 is 2.26 bits per heavy atom. The van der Waals surface area contributed by atoms with Gasteiger partial charge in [-0.3, -0.25) is 0 Å². The van der Waals surface area contributed by atoms with Crippen LogP contribution in [0.2, 0.25) is 0 Å². The second-order valence-electron chi connectivity index (χ2n) is 4.62. The SMILES string of the molecule is CN1Cc2cc(C(O)c3cccs3)ccc2NC1=O. The van der Waals surface area contributed by atoms with Crippen molar-refractivity contribution in [2.75, 3.05) is 12.4 Å². The molecule has 4 nitrogen and oxygen atoms in total. The Morgan fingerprint density at radius 1 is 1.42 bits per heavy atom. The van der Waals surface area contributed by atoms with E-state index in [9.17, 15) is 9.90 Å². The number of benzene rings is 1. The van der Waals surface area contributed by atoms with Gasteiger partial charge >= 0.3 is 6.03 Å². The smallest absolute Gasteiger partial charge is 0.321 e. The summed E-state index contributed by atoms with van der Waals surface area (Å²) in [5, 5.41) is 15.1. The largest absolute Gasteiger partial charge is 0.383 e. The number of thiophene rings is 1. The molecule has 2 heterocycles. The second kappa shape index (κ2) is 4.68. The number of hydrogen-bond donors (Lipinski definition) is 2. The monoisotopic (exact) mass is 274 g/mol. The summed E-state index contributed by atoms with van der Waals surface area (Å²) in [6.07, 6.45) is -0.603. The van der Waals surface area contributed by atoms with E-state index >= 15 is 0 Å². The molecule has 1 aliphatic heterocycles. The van der Waals surface area contributed by atoms with Gasteiger partial charge in [0.1, 0.15) is 6.10 Å². The summed E-state index contributed by atoms with van der Waals surface area (Å²) in [6, 6.07) is 9.41. The molecule has 0 fully saturated rings. The van der Waals surface area contributed by atoms with Crippen LogP contribution in [0.25, 0.3) is 0 Å². The zero-order chi connectivity index (χ0) is 13.4. The van der Waals surface area contributed by atoms with E-state index < -0.39 is 6.10 Å². The average molecular weight is 274 g/mol. The molecule has 5 heteroatoms. The Kier molecular flexibility index (Phi) is 3.00. The third kappa shape index (κ3) is 2.22. The quantitative estimate of drug-likeness (QED) is 0.884. The molecule has 1 atom stereocenters. The summed E-state index contributed by atoms with van der Waals surface area (Å²) in [5.74, 6) is 0. The molecule has 3 rings (SSSR count). The molecule has 0 saturated carbocycles. The molecule has 1 aromatic carbocycles. The summed E-state index contributed by atoms with van der Waals surface area (Å²) < 4.78 is 0. The Hall–Kier alpha value is -1.85. The lowest BCUT2D eigenvalue weighted by atomic mass is 10.0. The second-order valence-corrected chi connectivity index (χ2v) is 5.60. The number of amides is 2. The van der Waals surface area contributed by atoms with E-state index in [0.29, 0.717) is 6.54 Å². The molecule has 0 saturated heterocycles. The fourth-order valence-corrected chi connectivity index (χ4v) is 2.92. The Morgan fingerprint density at radius 3 is 3.00 bits per heavy atom. The Labute approximate surface area is 115 Å². The summed E-state index contributed by atoms with van der Waals surface area (Å²) in [6.45, 7) is 0.562. The number of nitrogens with zero attached hydrogens (tertiary/aromatic N) is 1. The lowest BCUT2D eigenvalue weighted by Crippen LogP contribution is -2.35. The molecule has 2 amide bonds. The number of fused-ring (bicyclic) bond motifs is 1. The van der Waals surface area contributed by atoms with Crippen LogP contribution in [0.5, 0.6) is 0 Å². The van der Waals surface area contributed by atoms with Crippen LogP contribution in [0.15, 0.2) is 35.7 Å². The van der Waals surface area contributed by atoms with Gasteiger partial charge in [-0.15, -0.1) is 11.3 Å². The van der Waals surface area contributed by atoms with Crippen molar-refractivity contribution in [3.8, 4) is 0 Å². The molecule has 0 bridgehead atoms. The zero-order valence-electron chi connectivity index (χ0n) is 10.5. The summed E-state index contributed by atoms with van der Waals surface area (Å²) in [5.41, 5.74) is 2.70. The number of nitrogens with one attached hydrogen (secondary N) is 1. The lowest BCUT2D eigenvalue weighted by molar-refractivity contribution is 0.217. The Balaban J connectivity index is 1.93. The summed E-state index contributed by atoms with van der Waals surface area (Å²) in [7, 11) is 1.75. The molecule has 1 aromatic heterocycles. The number of aliphatic hydroxyl groups excluding tert-OH is 1. The molecule has 2 aromatic rings. The first kappa shape index (κ1) is 12.2. The molecule has 19 heavy (non-hydrogen) atoms. The molecule has 0 aliphatic carbocycles.